The van der Waals surface area contributed by atoms with E-state index in [1.165, 1.54) is 11.3 Å². The maximum Gasteiger partial charge on any atom is 0.273 e. The molecule has 1 aliphatic rings. The normalized spacial score (nSPS) is 23.0. The van der Waals surface area contributed by atoms with Gasteiger partial charge >= 0.3 is 0 Å². The molecule has 0 radical (unpaired) electrons. The quantitative estimate of drug-likeness (QED) is 0.854. The lowest BCUT2D eigenvalue weighted by molar-refractivity contribution is -0.0388. The van der Waals surface area contributed by atoms with Gasteiger partial charge in [-0.05, 0) is 26.0 Å². The van der Waals surface area contributed by atoms with Crippen molar-refractivity contribution in [3.63, 3.8) is 0 Å². The predicted octanol–water partition coefficient (Wildman–Crippen LogP) is 2.65. The largest absolute Gasteiger partial charge is 0.462 e. The van der Waals surface area contributed by atoms with Crippen LogP contribution in [0.1, 0.15) is 24.3 Å². The highest BCUT2D eigenvalue weighted by Gasteiger charge is 2.29. The molecule has 0 aromatic carbocycles. The first-order chi connectivity index (χ1) is 9.65. The number of morpholine rings is 1. The molecule has 5 nitrogen and oxygen atoms in total. The SMILES string of the molecule is CC1CN(C(=O)c2csc(-c3ccco3)n2)C(C)CO1. The van der Waals surface area contributed by atoms with Crippen LogP contribution in [0.4, 0.5) is 0 Å². The summed E-state index contributed by atoms with van der Waals surface area (Å²) in [6, 6.07) is 3.73. The number of hydrogen-bond acceptors (Lipinski definition) is 5. The zero-order valence-electron chi connectivity index (χ0n) is 11.4. The molecular weight excluding hydrogens is 276 g/mol. The van der Waals surface area contributed by atoms with Crippen LogP contribution in [0.2, 0.25) is 0 Å². The highest BCUT2D eigenvalue weighted by atomic mass is 32.1. The molecule has 6 heteroatoms. The molecule has 1 saturated heterocycles. The lowest BCUT2D eigenvalue weighted by Gasteiger charge is -2.36. The van der Waals surface area contributed by atoms with E-state index >= 15 is 0 Å². The number of thiazole rings is 1. The molecule has 106 valence electrons. The summed E-state index contributed by atoms with van der Waals surface area (Å²) in [5.74, 6) is 0.652. The summed E-state index contributed by atoms with van der Waals surface area (Å²) < 4.78 is 10.8. The van der Waals surface area contributed by atoms with Crippen molar-refractivity contribution in [1.29, 1.82) is 0 Å². The number of ether oxygens (including phenoxy) is 1. The van der Waals surface area contributed by atoms with E-state index in [1.807, 2.05) is 30.9 Å². The van der Waals surface area contributed by atoms with Gasteiger partial charge in [-0.2, -0.15) is 0 Å². The third kappa shape index (κ3) is 2.48. The number of aromatic nitrogens is 1. The van der Waals surface area contributed by atoms with Crippen molar-refractivity contribution >= 4 is 17.2 Å². The fraction of sp³-hybridized carbons (Fsp3) is 0.429. The van der Waals surface area contributed by atoms with E-state index in [4.69, 9.17) is 9.15 Å². The van der Waals surface area contributed by atoms with Gasteiger partial charge in [-0.1, -0.05) is 0 Å². The molecule has 1 fully saturated rings. The summed E-state index contributed by atoms with van der Waals surface area (Å²) in [7, 11) is 0. The Labute approximate surface area is 121 Å². The van der Waals surface area contributed by atoms with Crippen LogP contribution in [-0.2, 0) is 4.74 Å². The minimum absolute atomic E-state index is 0.0401. The number of carbonyl (C=O) groups is 1. The second-order valence-electron chi connectivity index (χ2n) is 4.97. The molecule has 0 bridgehead atoms. The Morgan fingerprint density at radius 1 is 1.50 bits per heavy atom. The molecule has 2 aromatic rings. The van der Waals surface area contributed by atoms with Gasteiger partial charge in [-0.15, -0.1) is 11.3 Å². The first-order valence-corrected chi connectivity index (χ1v) is 7.45. The van der Waals surface area contributed by atoms with Crippen LogP contribution in [0, 0.1) is 0 Å². The van der Waals surface area contributed by atoms with Crippen molar-refractivity contribution in [3.05, 3.63) is 29.5 Å². The maximum atomic E-state index is 12.5. The van der Waals surface area contributed by atoms with E-state index in [1.54, 1.807) is 11.6 Å². The average molecular weight is 292 g/mol. The molecule has 3 rings (SSSR count). The number of amides is 1. The second-order valence-corrected chi connectivity index (χ2v) is 5.82. The van der Waals surface area contributed by atoms with Gasteiger partial charge in [0.25, 0.3) is 5.91 Å². The molecule has 0 aliphatic carbocycles. The lowest BCUT2D eigenvalue weighted by Crippen LogP contribution is -2.50. The molecule has 1 aliphatic heterocycles. The molecule has 2 atom stereocenters. The molecule has 0 spiro atoms. The monoisotopic (exact) mass is 292 g/mol. The van der Waals surface area contributed by atoms with Gasteiger partial charge in [-0.25, -0.2) is 4.98 Å². The topological polar surface area (TPSA) is 55.6 Å². The summed E-state index contributed by atoms with van der Waals surface area (Å²) in [6.45, 7) is 5.14. The van der Waals surface area contributed by atoms with Gasteiger partial charge in [0.05, 0.1) is 25.0 Å². The van der Waals surface area contributed by atoms with Gasteiger partial charge in [0.1, 0.15) is 5.69 Å². The fourth-order valence-electron chi connectivity index (χ4n) is 2.22. The van der Waals surface area contributed by atoms with Gasteiger partial charge in [0.2, 0.25) is 0 Å². The molecule has 20 heavy (non-hydrogen) atoms. The second kappa shape index (κ2) is 5.38. The van der Waals surface area contributed by atoms with E-state index in [2.05, 4.69) is 4.98 Å². The molecule has 0 N–H and O–H groups in total. The van der Waals surface area contributed by atoms with Crippen LogP contribution < -0.4 is 0 Å². The standard InChI is InChI=1S/C14H16N2O3S/c1-9-7-19-10(2)6-16(9)14(17)11-8-20-13(15-11)12-4-3-5-18-12/h3-5,8-10H,6-7H2,1-2H3. The van der Waals surface area contributed by atoms with Crippen molar-refractivity contribution in [1.82, 2.24) is 9.88 Å². The predicted molar refractivity (Wildman–Crippen MR) is 75.7 cm³/mol. The third-order valence-corrected chi connectivity index (χ3v) is 4.18. The van der Waals surface area contributed by atoms with Gasteiger partial charge in [0.15, 0.2) is 10.8 Å². The van der Waals surface area contributed by atoms with Crippen LogP contribution in [0.15, 0.2) is 28.2 Å². The van der Waals surface area contributed by atoms with Crippen molar-refractivity contribution in [2.45, 2.75) is 26.0 Å². The average Bonchev–Trinajstić information content (AvgIpc) is 3.10. The van der Waals surface area contributed by atoms with E-state index in [0.29, 0.717) is 24.6 Å². The van der Waals surface area contributed by atoms with Crippen molar-refractivity contribution in [3.8, 4) is 10.8 Å². The zero-order chi connectivity index (χ0) is 14.1. The van der Waals surface area contributed by atoms with E-state index < -0.39 is 0 Å². The minimum Gasteiger partial charge on any atom is -0.462 e. The van der Waals surface area contributed by atoms with Gasteiger partial charge < -0.3 is 14.1 Å². The molecular formula is C14H16N2O3S. The van der Waals surface area contributed by atoms with Gasteiger partial charge in [0, 0.05) is 11.9 Å². The summed E-state index contributed by atoms with van der Waals surface area (Å²) in [4.78, 5) is 18.7. The Bertz CT molecular complexity index is 593. The summed E-state index contributed by atoms with van der Waals surface area (Å²) >= 11 is 1.42. The maximum absolute atomic E-state index is 12.5. The Morgan fingerprint density at radius 3 is 3.10 bits per heavy atom. The summed E-state index contributed by atoms with van der Waals surface area (Å²) in [5, 5.41) is 2.51. The first kappa shape index (κ1) is 13.3. The lowest BCUT2D eigenvalue weighted by atomic mass is 10.2. The third-order valence-electron chi connectivity index (χ3n) is 3.32. The smallest absolute Gasteiger partial charge is 0.273 e. The van der Waals surface area contributed by atoms with E-state index in [0.717, 1.165) is 5.01 Å². The number of hydrogen-bond donors (Lipinski definition) is 0. The van der Waals surface area contributed by atoms with E-state index in [-0.39, 0.29) is 18.1 Å². The first-order valence-electron chi connectivity index (χ1n) is 6.57. The highest BCUT2D eigenvalue weighted by Crippen LogP contribution is 2.25. The van der Waals surface area contributed by atoms with E-state index in [9.17, 15) is 4.79 Å². The zero-order valence-corrected chi connectivity index (χ0v) is 12.2. The summed E-state index contributed by atoms with van der Waals surface area (Å²) in [5.41, 5.74) is 0.474. The Hall–Kier alpha value is -1.66. The van der Waals surface area contributed by atoms with Crippen molar-refractivity contribution in [2.75, 3.05) is 13.2 Å². The Kier molecular flexibility index (Phi) is 3.58. The summed E-state index contributed by atoms with van der Waals surface area (Å²) in [6.07, 6.45) is 1.67. The van der Waals surface area contributed by atoms with Crippen LogP contribution in [0.3, 0.4) is 0 Å². The van der Waals surface area contributed by atoms with Crippen LogP contribution >= 0.6 is 11.3 Å². The fourth-order valence-corrected chi connectivity index (χ4v) is 2.98. The molecule has 0 saturated carbocycles. The number of rotatable bonds is 2. The Balaban J connectivity index is 1.80. The molecule has 1 amide bonds. The van der Waals surface area contributed by atoms with Crippen molar-refractivity contribution < 1.29 is 13.9 Å². The molecule has 2 unspecified atom stereocenters. The van der Waals surface area contributed by atoms with Crippen molar-refractivity contribution in [2.24, 2.45) is 0 Å². The number of furan rings is 1. The number of carbonyl (C=O) groups excluding carboxylic acids is 1. The van der Waals surface area contributed by atoms with Crippen LogP contribution in [0.5, 0.6) is 0 Å². The molecule has 2 aromatic heterocycles. The Morgan fingerprint density at radius 2 is 2.35 bits per heavy atom. The van der Waals surface area contributed by atoms with Crippen LogP contribution in [0.25, 0.3) is 10.8 Å². The number of nitrogens with zero attached hydrogens (tertiary/aromatic N) is 2. The minimum atomic E-state index is -0.0401. The highest BCUT2D eigenvalue weighted by molar-refractivity contribution is 7.13. The molecule has 3 heterocycles. The van der Waals surface area contributed by atoms with Crippen LogP contribution in [-0.4, -0.2) is 41.1 Å². The van der Waals surface area contributed by atoms with Gasteiger partial charge in [-0.3, -0.25) is 4.79 Å².